The van der Waals surface area contributed by atoms with Crippen molar-refractivity contribution < 1.29 is 9.53 Å². The maximum Gasteiger partial charge on any atom is 0.164 e. The largest absolute Gasteiger partial charge is 0.370 e. The summed E-state index contributed by atoms with van der Waals surface area (Å²) in [5.41, 5.74) is -0.433. The fourth-order valence-electron chi connectivity index (χ4n) is 3.11. The van der Waals surface area contributed by atoms with Gasteiger partial charge in [0.05, 0.1) is 0 Å². The number of Topliss-reactive ketones (excluding diaryl/α,β-unsaturated/α-hetero) is 1. The van der Waals surface area contributed by atoms with E-state index in [2.05, 4.69) is 13.8 Å². The van der Waals surface area contributed by atoms with Gasteiger partial charge in [-0.05, 0) is 18.8 Å². The van der Waals surface area contributed by atoms with E-state index in [0.29, 0.717) is 11.7 Å². The highest BCUT2D eigenvalue weighted by atomic mass is 16.5. The molecule has 0 spiro atoms. The number of hydrogen-bond acceptors (Lipinski definition) is 2. The summed E-state index contributed by atoms with van der Waals surface area (Å²) in [6, 6.07) is 0. The summed E-state index contributed by atoms with van der Waals surface area (Å²) in [5, 5.41) is 0. The van der Waals surface area contributed by atoms with Gasteiger partial charge in [-0.1, -0.05) is 58.8 Å². The average Bonchev–Trinajstić information content (AvgIpc) is 2.43. The molecule has 0 heterocycles. The first-order chi connectivity index (χ1) is 8.68. The highest BCUT2D eigenvalue weighted by Crippen LogP contribution is 2.34. The second-order valence-electron chi connectivity index (χ2n) is 5.80. The normalized spacial score (nSPS) is 20.6. The smallest absolute Gasteiger partial charge is 0.164 e. The Morgan fingerprint density at radius 1 is 1.22 bits per heavy atom. The molecule has 1 aliphatic rings. The molecule has 0 aromatic carbocycles. The highest BCUT2D eigenvalue weighted by Gasteiger charge is 2.39. The predicted octanol–water partition coefficient (Wildman–Crippen LogP) is 4.51. The molecule has 1 aliphatic carbocycles. The molecule has 0 aromatic rings. The molecule has 1 rings (SSSR count). The van der Waals surface area contributed by atoms with Crippen LogP contribution in [0.1, 0.15) is 78.1 Å². The van der Waals surface area contributed by atoms with E-state index in [0.717, 1.165) is 38.5 Å². The number of ketones is 1. The number of rotatable bonds is 8. The zero-order valence-electron chi connectivity index (χ0n) is 12.5. The quantitative estimate of drug-likeness (QED) is 0.637. The van der Waals surface area contributed by atoms with Crippen LogP contribution in [0.4, 0.5) is 0 Å². The SMILES string of the molecule is CCCCC(CC)CC(=O)C1(OC)CCCCC1. The van der Waals surface area contributed by atoms with Gasteiger partial charge in [0.2, 0.25) is 0 Å². The van der Waals surface area contributed by atoms with E-state index in [1.54, 1.807) is 7.11 Å². The van der Waals surface area contributed by atoms with Gasteiger partial charge in [0.1, 0.15) is 5.60 Å². The minimum atomic E-state index is -0.433. The molecule has 0 saturated heterocycles. The summed E-state index contributed by atoms with van der Waals surface area (Å²) < 4.78 is 5.64. The van der Waals surface area contributed by atoms with Gasteiger partial charge in [-0.25, -0.2) is 0 Å². The first-order valence-electron chi connectivity index (χ1n) is 7.77. The molecule has 0 aromatic heterocycles. The topological polar surface area (TPSA) is 26.3 Å². The molecule has 1 saturated carbocycles. The lowest BCUT2D eigenvalue weighted by atomic mass is 9.78. The Balaban J connectivity index is 2.54. The number of methoxy groups -OCH3 is 1. The maximum absolute atomic E-state index is 12.6. The summed E-state index contributed by atoms with van der Waals surface area (Å²) in [7, 11) is 1.72. The Bertz CT molecular complexity index is 241. The van der Waals surface area contributed by atoms with Crippen LogP contribution in [0.25, 0.3) is 0 Å². The molecule has 0 aliphatic heterocycles. The fraction of sp³-hybridized carbons (Fsp3) is 0.938. The number of carbonyl (C=O) groups is 1. The second kappa shape index (κ2) is 7.93. The van der Waals surface area contributed by atoms with Crippen LogP contribution >= 0.6 is 0 Å². The van der Waals surface area contributed by atoms with Crippen molar-refractivity contribution >= 4 is 5.78 Å². The van der Waals surface area contributed by atoms with Crippen molar-refractivity contribution in [1.29, 1.82) is 0 Å². The van der Waals surface area contributed by atoms with Gasteiger partial charge in [0, 0.05) is 13.5 Å². The Labute approximate surface area is 112 Å². The van der Waals surface area contributed by atoms with Gasteiger partial charge >= 0.3 is 0 Å². The Morgan fingerprint density at radius 3 is 2.39 bits per heavy atom. The lowest BCUT2D eigenvalue weighted by Gasteiger charge is -2.35. The van der Waals surface area contributed by atoms with Crippen LogP contribution in [-0.2, 0) is 9.53 Å². The monoisotopic (exact) mass is 254 g/mol. The highest BCUT2D eigenvalue weighted by molar-refractivity contribution is 5.87. The molecule has 0 amide bonds. The molecule has 1 unspecified atom stereocenters. The van der Waals surface area contributed by atoms with Crippen molar-refractivity contribution in [2.45, 2.75) is 83.7 Å². The maximum atomic E-state index is 12.6. The molecular weight excluding hydrogens is 224 g/mol. The number of unbranched alkanes of at least 4 members (excludes halogenated alkanes) is 1. The zero-order chi connectivity index (χ0) is 13.4. The van der Waals surface area contributed by atoms with Crippen LogP contribution in [0.2, 0.25) is 0 Å². The molecule has 106 valence electrons. The van der Waals surface area contributed by atoms with Crippen molar-refractivity contribution in [1.82, 2.24) is 0 Å². The average molecular weight is 254 g/mol. The molecule has 18 heavy (non-hydrogen) atoms. The van der Waals surface area contributed by atoms with E-state index in [9.17, 15) is 4.79 Å². The van der Waals surface area contributed by atoms with Crippen molar-refractivity contribution in [2.75, 3.05) is 7.11 Å². The minimum absolute atomic E-state index is 0.368. The fourth-order valence-corrected chi connectivity index (χ4v) is 3.11. The van der Waals surface area contributed by atoms with E-state index in [-0.39, 0.29) is 0 Å². The summed E-state index contributed by atoms with van der Waals surface area (Å²) in [6.07, 6.45) is 10.9. The lowest BCUT2D eigenvalue weighted by molar-refractivity contribution is -0.146. The Morgan fingerprint density at radius 2 is 1.89 bits per heavy atom. The van der Waals surface area contributed by atoms with E-state index in [4.69, 9.17) is 4.74 Å². The number of hydrogen-bond donors (Lipinski definition) is 0. The first-order valence-corrected chi connectivity index (χ1v) is 7.77. The molecule has 1 fully saturated rings. The van der Waals surface area contributed by atoms with Crippen LogP contribution in [0.5, 0.6) is 0 Å². The number of carbonyl (C=O) groups excluding carboxylic acids is 1. The molecule has 2 nitrogen and oxygen atoms in total. The predicted molar refractivity (Wildman–Crippen MR) is 75.8 cm³/mol. The van der Waals surface area contributed by atoms with E-state index < -0.39 is 5.60 Å². The van der Waals surface area contributed by atoms with Crippen LogP contribution < -0.4 is 0 Å². The van der Waals surface area contributed by atoms with E-state index >= 15 is 0 Å². The zero-order valence-corrected chi connectivity index (χ0v) is 12.5. The molecular formula is C16H30O2. The molecule has 1 atom stereocenters. The summed E-state index contributed by atoms with van der Waals surface area (Å²) in [4.78, 5) is 12.6. The minimum Gasteiger partial charge on any atom is -0.370 e. The van der Waals surface area contributed by atoms with Crippen molar-refractivity contribution in [2.24, 2.45) is 5.92 Å². The Hall–Kier alpha value is -0.370. The first kappa shape index (κ1) is 15.7. The van der Waals surface area contributed by atoms with Gasteiger partial charge in [-0.15, -0.1) is 0 Å². The van der Waals surface area contributed by atoms with Crippen molar-refractivity contribution in [3.63, 3.8) is 0 Å². The van der Waals surface area contributed by atoms with E-state index in [1.807, 2.05) is 0 Å². The van der Waals surface area contributed by atoms with E-state index in [1.165, 1.54) is 25.7 Å². The van der Waals surface area contributed by atoms with Gasteiger partial charge in [0.15, 0.2) is 5.78 Å². The molecule has 0 bridgehead atoms. The van der Waals surface area contributed by atoms with Crippen LogP contribution in [-0.4, -0.2) is 18.5 Å². The van der Waals surface area contributed by atoms with Gasteiger partial charge < -0.3 is 4.74 Å². The van der Waals surface area contributed by atoms with Crippen LogP contribution in [0.15, 0.2) is 0 Å². The molecule has 0 radical (unpaired) electrons. The Kier molecular flexibility index (Phi) is 6.91. The van der Waals surface area contributed by atoms with Gasteiger partial charge in [-0.2, -0.15) is 0 Å². The standard InChI is InChI=1S/C16H30O2/c1-4-6-10-14(5-2)13-15(17)16(18-3)11-8-7-9-12-16/h14H,4-13H2,1-3H3. The van der Waals surface area contributed by atoms with Crippen molar-refractivity contribution in [3.05, 3.63) is 0 Å². The third kappa shape index (κ3) is 4.08. The third-order valence-electron chi connectivity index (χ3n) is 4.58. The van der Waals surface area contributed by atoms with Crippen LogP contribution in [0.3, 0.4) is 0 Å². The summed E-state index contributed by atoms with van der Waals surface area (Å²) in [6.45, 7) is 4.42. The number of ether oxygens (including phenoxy) is 1. The molecule has 2 heteroatoms. The van der Waals surface area contributed by atoms with Gasteiger partial charge in [0.25, 0.3) is 0 Å². The second-order valence-corrected chi connectivity index (χ2v) is 5.80. The van der Waals surface area contributed by atoms with Crippen LogP contribution in [0, 0.1) is 5.92 Å². The summed E-state index contributed by atoms with van der Waals surface area (Å²) >= 11 is 0. The summed E-state index contributed by atoms with van der Waals surface area (Å²) in [5.74, 6) is 0.930. The van der Waals surface area contributed by atoms with Gasteiger partial charge in [-0.3, -0.25) is 4.79 Å². The lowest BCUT2D eigenvalue weighted by Crippen LogP contribution is -2.43. The third-order valence-corrected chi connectivity index (χ3v) is 4.58. The molecule has 0 N–H and O–H groups in total. The van der Waals surface area contributed by atoms with Crippen molar-refractivity contribution in [3.8, 4) is 0 Å².